The lowest BCUT2D eigenvalue weighted by Gasteiger charge is -2.17. The van der Waals surface area contributed by atoms with Crippen molar-refractivity contribution >= 4 is 11.9 Å². The van der Waals surface area contributed by atoms with Gasteiger partial charge in [-0.05, 0) is 23.3 Å². The highest BCUT2D eigenvalue weighted by atomic mass is 19.1. The fourth-order valence-electron chi connectivity index (χ4n) is 2.15. The van der Waals surface area contributed by atoms with Crippen LogP contribution in [0.4, 0.5) is 4.39 Å². The Morgan fingerprint density at radius 1 is 1.05 bits per heavy atom. The number of benzene rings is 2. The summed E-state index contributed by atoms with van der Waals surface area (Å²) in [6.45, 7) is 0. The number of carbonyl (C=O) groups excluding carboxylic acids is 1. The van der Waals surface area contributed by atoms with Gasteiger partial charge in [-0.15, -0.1) is 0 Å². The number of carbonyl (C=O) groups is 2. The van der Waals surface area contributed by atoms with Gasteiger partial charge in [-0.3, -0.25) is 9.59 Å². The highest BCUT2D eigenvalue weighted by Gasteiger charge is 2.18. The largest absolute Gasteiger partial charge is 0.481 e. The molecule has 0 saturated heterocycles. The summed E-state index contributed by atoms with van der Waals surface area (Å²) in [5.74, 6) is -1.72. The molecule has 1 amide bonds. The second-order valence-corrected chi connectivity index (χ2v) is 4.93. The summed E-state index contributed by atoms with van der Waals surface area (Å²) >= 11 is 0. The molecule has 0 fully saturated rings. The highest BCUT2D eigenvalue weighted by molar-refractivity contribution is 5.80. The Morgan fingerprint density at radius 2 is 1.68 bits per heavy atom. The molecule has 5 heteroatoms. The molecule has 114 valence electrons. The topological polar surface area (TPSA) is 66.4 Å². The third kappa shape index (κ3) is 4.70. The molecule has 22 heavy (non-hydrogen) atoms. The van der Waals surface area contributed by atoms with Crippen molar-refractivity contribution in [2.75, 3.05) is 0 Å². The minimum atomic E-state index is -1.03. The van der Waals surface area contributed by atoms with Crippen molar-refractivity contribution < 1.29 is 19.1 Å². The maximum atomic E-state index is 13.0. The molecule has 2 N–H and O–H groups in total. The standard InChI is InChI=1S/C17H16FNO3/c18-14-8-6-13(7-9-14)15(11-17(21)22)19-16(20)10-12-4-2-1-3-5-12/h1-9,15H,10-11H2,(H,19,20)(H,21,22). The van der Waals surface area contributed by atoms with Crippen molar-refractivity contribution in [3.63, 3.8) is 0 Å². The predicted octanol–water partition coefficient (Wildman–Crippen LogP) is 2.70. The zero-order valence-corrected chi connectivity index (χ0v) is 11.8. The quantitative estimate of drug-likeness (QED) is 0.862. The van der Waals surface area contributed by atoms with E-state index in [9.17, 15) is 14.0 Å². The number of hydrogen-bond acceptors (Lipinski definition) is 2. The Bertz CT molecular complexity index is 641. The van der Waals surface area contributed by atoms with E-state index in [4.69, 9.17) is 5.11 Å². The SMILES string of the molecule is O=C(O)CC(NC(=O)Cc1ccccc1)c1ccc(F)cc1. The van der Waals surface area contributed by atoms with Crippen molar-refractivity contribution in [1.29, 1.82) is 0 Å². The van der Waals surface area contributed by atoms with Crippen LogP contribution in [0.3, 0.4) is 0 Å². The van der Waals surface area contributed by atoms with E-state index in [-0.39, 0.29) is 18.7 Å². The molecule has 0 aliphatic rings. The molecule has 0 spiro atoms. The maximum Gasteiger partial charge on any atom is 0.305 e. The number of carboxylic acid groups (broad SMARTS) is 1. The molecule has 0 aliphatic carbocycles. The Kier molecular flexibility index (Phi) is 5.25. The Morgan fingerprint density at radius 3 is 2.27 bits per heavy atom. The maximum absolute atomic E-state index is 13.0. The summed E-state index contributed by atoms with van der Waals surface area (Å²) in [7, 11) is 0. The number of amides is 1. The van der Waals surface area contributed by atoms with Gasteiger partial charge in [0.1, 0.15) is 5.82 Å². The molecule has 4 nitrogen and oxygen atoms in total. The van der Waals surface area contributed by atoms with Crippen molar-refractivity contribution in [1.82, 2.24) is 5.32 Å². The van der Waals surface area contributed by atoms with E-state index >= 15 is 0 Å². The Hall–Kier alpha value is -2.69. The number of rotatable bonds is 6. The first-order valence-corrected chi connectivity index (χ1v) is 6.85. The summed E-state index contributed by atoms with van der Waals surface area (Å²) in [6.07, 6.45) is -0.0929. The fourth-order valence-corrected chi connectivity index (χ4v) is 2.15. The molecule has 0 aromatic heterocycles. The molecule has 2 aromatic rings. The third-order valence-corrected chi connectivity index (χ3v) is 3.19. The Labute approximate surface area is 127 Å². The molecule has 1 unspecified atom stereocenters. The molecular weight excluding hydrogens is 285 g/mol. The van der Waals surface area contributed by atoms with Crippen LogP contribution in [0.2, 0.25) is 0 Å². The summed E-state index contributed by atoms with van der Waals surface area (Å²) in [5.41, 5.74) is 1.40. The van der Waals surface area contributed by atoms with Gasteiger partial charge in [-0.2, -0.15) is 0 Å². The number of carboxylic acids is 1. The highest BCUT2D eigenvalue weighted by Crippen LogP contribution is 2.17. The zero-order valence-electron chi connectivity index (χ0n) is 11.8. The minimum Gasteiger partial charge on any atom is -0.481 e. The lowest BCUT2D eigenvalue weighted by atomic mass is 10.0. The van der Waals surface area contributed by atoms with Gasteiger partial charge in [0.15, 0.2) is 0 Å². The Balaban J connectivity index is 2.07. The second kappa shape index (κ2) is 7.36. The van der Waals surface area contributed by atoms with Crippen LogP contribution in [0.5, 0.6) is 0 Å². The number of halogens is 1. The van der Waals surface area contributed by atoms with E-state index in [1.807, 2.05) is 30.3 Å². The van der Waals surface area contributed by atoms with Gasteiger partial charge in [0, 0.05) is 0 Å². The van der Waals surface area contributed by atoms with Crippen LogP contribution >= 0.6 is 0 Å². The molecule has 1 atom stereocenters. The van der Waals surface area contributed by atoms with Crippen molar-refractivity contribution in [3.8, 4) is 0 Å². The van der Waals surface area contributed by atoms with Crippen molar-refractivity contribution in [3.05, 3.63) is 71.5 Å². The van der Waals surface area contributed by atoms with Gasteiger partial charge in [0.2, 0.25) is 5.91 Å². The van der Waals surface area contributed by atoms with E-state index in [1.54, 1.807) is 0 Å². The van der Waals surface area contributed by atoms with Crippen LogP contribution in [0.15, 0.2) is 54.6 Å². The fraction of sp³-hybridized carbons (Fsp3) is 0.176. The molecule has 2 aromatic carbocycles. The van der Waals surface area contributed by atoms with Gasteiger partial charge in [-0.25, -0.2) is 4.39 Å². The summed E-state index contributed by atoms with van der Waals surface area (Å²) < 4.78 is 13.0. The van der Waals surface area contributed by atoms with Crippen LogP contribution in [0.25, 0.3) is 0 Å². The van der Waals surface area contributed by atoms with Gasteiger partial charge in [0.05, 0.1) is 18.9 Å². The van der Waals surface area contributed by atoms with Crippen molar-refractivity contribution in [2.45, 2.75) is 18.9 Å². The molecular formula is C17H16FNO3. The predicted molar refractivity (Wildman–Crippen MR) is 79.7 cm³/mol. The number of hydrogen-bond donors (Lipinski definition) is 2. The first kappa shape index (κ1) is 15.7. The van der Waals surface area contributed by atoms with Gasteiger partial charge >= 0.3 is 5.97 Å². The zero-order chi connectivity index (χ0) is 15.9. The van der Waals surface area contributed by atoms with E-state index < -0.39 is 17.8 Å². The van der Waals surface area contributed by atoms with Crippen LogP contribution in [-0.4, -0.2) is 17.0 Å². The molecule has 0 bridgehead atoms. The third-order valence-electron chi connectivity index (χ3n) is 3.19. The minimum absolute atomic E-state index is 0.165. The molecule has 0 aliphatic heterocycles. The van der Waals surface area contributed by atoms with Crippen LogP contribution in [-0.2, 0) is 16.0 Å². The van der Waals surface area contributed by atoms with E-state index in [0.717, 1.165) is 5.56 Å². The van der Waals surface area contributed by atoms with Gasteiger partial charge < -0.3 is 10.4 Å². The summed E-state index contributed by atoms with van der Waals surface area (Å²) in [6, 6.07) is 13.9. The normalized spacial score (nSPS) is 11.7. The van der Waals surface area contributed by atoms with E-state index in [2.05, 4.69) is 5.32 Å². The lowest BCUT2D eigenvalue weighted by molar-refractivity contribution is -0.137. The van der Waals surface area contributed by atoms with Crippen molar-refractivity contribution in [2.24, 2.45) is 0 Å². The average molecular weight is 301 g/mol. The molecule has 0 radical (unpaired) electrons. The van der Waals surface area contributed by atoms with E-state index in [1.165, 1.54) is 24.3 Å². The molecule has 0 saturated carbocycles. The molecule has 2 rings (SSSR count). The second-order valence-electron chi connectivity index (χ2n) is 4.93. The number of nitrogens with one attached hydrogen (secondary N) is 1. The summed E-state index contributed by atoms with van der Waals surface area (Å²) in [4.78, 5) is 23.0. The molecule has 0 heterocycles. The monoisotopic (exact) mass is 301 g/mol. The number of aliphatic carboxylic acids is 1. The van der Waals surface area contributed by atoms with Gasteiger partial charge in [-0.1, -0.05) is 42.5 Å². The smallest absolute Gasteiger partial charge is 0.305 e. The van der Waals surface area contributed by atoms with Crippen LogP contribution < -0.4 is 5.32 Å². The first-order valence-electron chi connectivity index (χ1n) is 6.85. The average Bonchev–Trinajstić information content (AvgIpc) is 2.48. The van der Waals surface area contributed by atoms with Crippen LogP contribution in [0.1, 0.15) is 23.6 Å². The first-order chi connectivity index (χ1) is 10.5. The summed E-state index contributed by atoms with van der Waals surface area (Å²) in [5, 5.41) is 11.7. The van der Waals surface area contributed by atoms with E-state index in [0.29, 0.717) is 5.56 Å². The lowest BCUT2D eigenvalue weighted by Crippen LogP contribution is -2.31. The van der Waals surface area contributed by atoms with Gasteiger partial charge in [0.25, 0.3) is 0 Å². The van der Waals surface area contributed by atoms with Crippen LogP contribution in [0, 0.1) is 5.82 Å².